The molecule has 1 aromatic rings. The Kier molecular flexibility index (Phi) is 3.15. The third-order valence-electron chi connectivity index (χ3n) is 1.58. The monoisotopic (exact) mass is 201 g/mol. The minimum absolute atomic E-state index is 0.389. The molecule has 0 aliphatic carbocycles. The van der Waals surface area contributed by atoms with E-state index in [-0.39, 0.29) is 0 Å². The minimum atomic E-state index is 0.389. The summed E-state index contributed by atoms with van der Waals surface area (Å²) >= 11 is 11.7. The molecule has 1 aromatic carbocycles. The minimum Gasteiger partial charge on any atom is -0.326 e. The Balaban J connectivity index is 3.16. The van der Waals surface area contributed by atoms with Gasteiger partial charge in [-0.15, -0.1) is 0 Å². The van der Waals surface area contributed by atoms with Gasteiger partial charge in [-0.3, -0.25) is 0 Å². The van der Waals surface area contributed by atoms with Crippen LogP contribution in [-0.4, -0.2) is 6.54 Å². The van der Waals surface area contributed by atoms with Crippen LogP contribution in [0.5, 0.6) is 0 Å². The van der Waals surface area contributed by atoms with Gasteiger partial charge in [0.1, 0.15) is 0 Å². The molecular formula is C9H9Cl2N. The van der Waals surface area contributed by atoms with Gasteiger partial charge in [0.15, 0.2) is 0 Å². The maximum Gasteiger partial charge on any atom is 0.0667 e. The standard InChI is InChI=1S/C9H9Cl2N/c1-6(5-12)7-3-2-4-8(10)9(7)11/h2-4H,1,5,12H2. The normalized spacial score (nSPS) is 9.92. The average Bonchev–Trinajstić information content (AvgIpc) is 2.08. The molecule has 3 heteroatoms. The summed E-state index contributed by atoms with van der Waals surface area (Å²) < 4.78 is 0. The molecule has 0 fully saturated rings. The van der Waals surface area contributed by atoms with E-state index in [1.54, 1.807) is 6.07 Å². The van der Waals surface area contributed by atoms with Crippen LogP contribution in [0, 0.1) is 0 Å². The van der Waals surface area contributed by atoms with Crippen molar-refractivity contribution in [3.63, 3.8) is 0 Å². The van der Waals surface area contributed by atoms with E-state index in [9.17, 15) is 0 Å². The quantitative estimate of drug-likeness (QED) is 0.783. The topological polar surface area (TPSA) is 26.0 Å². The highest BCUT2D eigenvalue weighted by molar-refractivity contribution is 6.43. The summed E-state index contributed by atoms with van der Waals surface area (Å²) in [4.78, 5) is 0. The number of hydrogen-bond acceptors (Lipinski definition) is 1. The largest absolute Gasteiger partial charge is 0.326 e. The highest BCUT2D eigenvalue weighted by Crippen LogP contribution is 2.29. The van der Waals surface area contributed by atoms with Crippen LogP contribution in [0.25, 0.3) is 5.57 Å². The van der Waals surface area contributed by atoms with Crippen molar-refractivity contribution in [1.29, 1.82) is 0 Å². The Morgan fingerprint density at radius 2 is 2.08 bits per heavy atom. The number of benzene rings is 1. The molecule has 0 saturated carbocycles. The summed E-state index contributed by atoms with van der Waals surface area (Å²) in [6.45, 7) is 4.17. The summed E-state index contributed by atoms with van der Waals surface area (Å²) in [6.07, 6.45) is 0. The molecule has 12 heavy (non-hydrogen) atoms. The Labute approximate surface area is 81.8 Å². The molecule has 0 bridgehead atoms. The van der Waals surface area contributed by atoms with Crippen LogP contribution in [0.15, 0.2) is 24.8 Å². The van der Waals surface area contributed by atoms with Crippen LogP contribution in [0.1, 0.15) is 5.56 Å². The maximum atomic E-state index is 5.92. The number of hydrogen-bond donors (Lipinski definition) is 1. The summed E-state index contributed by atoms with van der Waals surface area (Å²) in [6, 6.07) is 5.41. The Bertz CT molecular complexity index is 307. The van der Waals surface area contributed by atoms with Gasteiger partial charge >= 0.3 is 0 Å². The second kappa shape index (κ2) is 3.94. The van der Waals surface area contributed by atoms with Crippen LogP contribution in [0.4, 0.5) is 0 Å². The van der Waals surface area contributed by atoms with E-state index in [1.807, 2.05) is 12.1 Å². The number of nitrogens with two attached hydrogens (primary N) is 1. The molecule has 0 aliphatic heterocycles. The lowest BCUT2D eigenvalue weighted by Gasteiger charge is -2.05. The van der Waals surface area contributed by atoms with Crippen molar-refractivity contribution in [2.24, 2.45) is 5.73 Å². The van der Waals surface area contributed by atoms with Crippen LogP contribution in [0.2, 0.25) is 10.0 Å². The lowest BCUT2D eigenvalue weighted by molar-refractivity contribution is 1.27. The molecule has 0 unspecified atom stereocenters. The van der Waals surface area contributed by atoms with E-state index in [0.717, 1.165) is 11.1 Å². The third-order valence-corrected chi connectivity index (χ3v) is 2.40. The highest BCUT2D eigenvalue weighted by Gasteiger charge is 2.05. The van der Waals surface area contributed by atoms with Crippen LogP contribution in [-0.2, 0) is 0 Å². The summed E-state index contributed by atoms with van der Waals surface area (Å²) in [5.74, 6) is 0. The Morgan fingerprint density at radius 1 is 1.42 bits per heavy atom. The highest BCUT2D eigenvalue weighted by atomic mass is 35.5. The molecule has 0 radical (unpaired) electrons. The zero-order valence-corrected chi connectivity index (χ0v) is 7.99. The van der Waals surface area contributed by atoms with Gasteiger partial charge in [0.25, 0.3) is 0 Å². The fourth-order valence-corrected chi connectivity index (χ4v) is 1.32. The van der Waals surface area contributed by atoms with Crippen molar-refractivity contribution in [3.05, 3.63) is 40.4 Å². The van der Waals surface area contributed by atoms with E-state index in [1.165, 1.54) is 0 Å². The first-order chi connectivity index (χ1) is 5.66. The first-order valence-electron chi connectivity index (χ1n) is 3.49. The van der Waals surface area contributed by atoms with Gasteiger partial charge in [0.05, 0.1) is 10.0 Å². The fourth-order valence-electron chi connectivity index (χ4n) is 0.887. The molecular weight excluding hydrogens is 193 g/mol. The van der Waals surface area contributed by atoms with E-state index >= 15 is 0 Å². The van der Waals surface area contributed by atoms with Gasteiger partial charge in [-0.25, -0.2) is 0 Å². The van der Waals surface area contributed by atoms with Gasteiger partial charge < -0.3 is 5.73 Å². The molecule has 1 nitrogen and oxygen atoms in total. The first kappa shape index (κ1) is 9.59. The molecule has 1 rings (SSSR count). The summed E-state index contributed by atoms with van der Waals surface area (Å²) in [5.41, 5.74) is 7.04. The number of halogens is 2. The lowest BCUT2D eigenvalue weighted by atomic mass is 10.1. The summed E-state index contributed by atoms with van der Waals surface area (Å²) in [5, 5.41) is 1.05. The van der Waals surface area contributed by atoms with Crippen LogP contribution in [0.3, 0.4) is 0 Å². The van der Waals surface area contributed by atoms with Gasteiger partial charge in [0, 0.05) is 6.54 Å². The smallest absolute Gasteiger partial charge is 0.0667 e. The predicted octanol–water partition coefficient (Wildman–Crippen LogP) is 2.97. The first-order valence-corrected chi connectivity index (χ1v) is 4.24. The predicted molar refractivity (Wildman–Crippen MR) is 54.6 cm³/mol. The molecule has 0 aliphatic rings. The van der Waals surface area contributed by atoms with Crippen LogP contribution >= 0.6 is 23.2 Å². The Hall–Kier alpha value is -0.500. The molecule has 0 saturated heterocycles. The van der Waals surface area contributed by atoms with Crippen molar-refractivity contribution < 1.29 is 0 Å². The molecule has 0 atom stereocenters. The molecule has 2 N–H and O–H groups in total. The van der Waals surface area contributed by atoms with Gasteiger partial charge in [0.2, 0.25) is 0 Å². The van der Waals surface area contributed by atoms with Crippen molar-refractivity contribution in [2.45, 2.75) is 0 Å². The number of rotatable bonds is 2. The van der Waals surface area contributed by atoms with Crippen molar-refractivity contribution in [2.75, 3.05) is 6.54 Å². The Morgan fingerprint density at radius 3 is 2.67 bits per heavy atom. The zero-order chi connectivity index (χ0) is 9.14. The molecule has 0 amide bonds. The maximum absolute atomic E-state index is 5.92. The fraction of sp³-hybridized carbons (Fsp3) is 0.111. The molecule has 0 aromatic heterocycles. The van der Waals surface area contributed by atoms with Crippen molar-refractivity contribution in [1.82, 2.24) is 0 Å². The van der Waals surface area contributed by atoms with E-state index in [4.69, 9.17) is 28.9 Å². The van der Waals surface area contributed by atoms with E-state index < -0.39 is 0 Å². The third kappa shape index (κ3) is 1.81. The molecule has 64 valence electrons. The van der Waals surface area contributed by atoms with E-state index in [0.29, 0.717) is 16.6 Å². The SMILES string of the molecule is C=C(CN)c1cccc(Cl)c1Cl. The van der Waals surface area contributed by atoms with Gasteiger partial charge in [-0.05, 0) is 17.2 Å². The molecule has 0 spiro atoms. The zero-order valence-electron chi connectivity index (χ0n) is 6.48. The lowest BCUT2D eigenvalue weighted by Crippen LogP contribution is -2.01. The second-order valence-electron chi connectivity index (χ2n) is 2.41. The van der Waals surface area contributed by atoms with Gasteiger partial charge in [-0.2, -0.15) is 0 Å². The van der Waals surface area contributed by atoms with Crippen molar-refractivity contribution >= 4 is 28.8 Å². The van der Waals surface area contributed by atoms with Gasteiger partial charge in [-0.1, -0.05) is 41.9 Å². The molecule has 0 heterocycles. The average molecular weight is 202 g/mol. The summed E-state index contributed by atoms with van der Waals surface area (Å²) in [7, 11) is 0. The van der Waals surface area contributed by atoms with E-state index in [2.05, 4.69) is 6.58 Å². The second-order valence-corrected chi connectivity index (χ2v) is 3.19. The van der Waals surface area contributed by atoms with Crippen molar-refractivity contribution in [3.8, 4) is 0 Å². The van der Waals surface area contributed by atoms with Crippen LogP contribution < -0.4 is 5.73 Å².